The third kappa shape index (κ3) is 4.30. The van der Waals surface area contributed by atoms with Crippen molar-refractivity contribution in [2.24, 2.45) is 0 Å². The molecule has 0 spiro atoms. The number of hydrogen-bond donors (Lipinski definition) is 2. The Morgan fingerprint density at radius 1 is 1.10 bits per heavy atom. The minimum Gasteiger partial charge on any atom is -0.459 e. The van der Waals surface area contributed by atoms with Gasteiger partial charge in [0.25, 0.3) is 5.91 Å². The van der Waals surface area contributed by atoms with E-state index in [9.17, 15) is 9.59 Å². The lowest BCUT2D eigenvalue weighted by Gasteiger charge is -2.09. The summed E-state index contributed by atoms with van der Waals surface area (Å²) in [5.41, 5.74) is 2.55. The summed E-state index contributed by atoms with van der Waals surface area (Å²) in [6, 6.07) is 10.5. The number of ether oxygens (including phenoxy) is 1. The number of anilines is 2. The van der Waals surface area contributed by atoms with Crippen molar-refractivity contribution in [3.63, 3.8) is 0 Å². The van der Waals surface area contributed by atoms with E-state index in [4.69, 9.17) is 9.15 Å². The maximum absolute atomic E-state index is 12.2. The molecule has 0 fully saturated rings. The van der Waals surface area contributed by atoms with Crippen LogP contribution in [-0.4, -0.2) is 32.5 Å². The Morgan fingerprint density at radius 2 is 1.97 bits per heavy atom. The van der Waals surface area contributed by atoms with Gasteiger partial charge in [0.05, 0.1) is 29.9 Å². The molecular formula is C21H19N5O4. The molecule has 2 N–H and O–H groups in total. The van der Waals surface area contributed by atoms with E-state index < -0.39 is 6.09 Å². The molecule has 0 radical (unpaired) electrons. The second kappa shape index (κ2) is 8.08. The highest BCUT2D eigenvalue weighted by Crippen LogP contribution is 2.23. The topological polar surface area (TPSA) is 111 Å². The normalized spacial score (nSPS) is 10.9. The van der Waals surface area contributed by atoms with Crippen LogP contribution in [0.2, 0.25) is 0 Å². The quantitative estimate of drug-likeness (QED) is 0.515. The Bertz CT molecular complexity index is 1200. The molecule has 2 amide bonds. The lowest BCUT2D eigenvalue weighted by molar-refractivity contribution is 0.0996. The number of carbonyl (C=O) groups is 2. The van der Waals surface area contributed by atoms with E-state index in [0.717, 1.165) is 5.56 Å². The smallest absolute Gasteiger partial charge is 0.411 e. The maximum atomic E-state index is 12.2. The van der Waals surface area contributed by atoms with Crippen LogP contribution >= 0.6 is 0 Å². The molecule has 0 saturated heterocycles. The van der Waals surface area contributed by atoms with Crippen molar-refractivity contribution in [1.82, 2.24) is 14.4 Å². The second-order valence-corrected chi connectivity index (χ2v) is 6.77. The third-order valence-corrected chi connectivity index (χ3v) is 4.06. The van der Waals surface area contributed by atoms with Crippen LogP contribution in [0.25, 0.3) is 17.0 Å². The zero-order valence-corrected chi connectivity index (χ0v) is 16.3. The molecule has 0 aliphatic heterocycles. The Hall–Kier alpha value is -4.14. The Labute approximate surface area is 171 Å². The fourth-order valence-corrected chi connectivity index (χ4v) is 2.81. The molecule has 0 saturated carbocycles. The van der Waals surface area contributed by atoms with Gasteiger partial charge in [-0.1, -0.05) is 12.1 Å². The first kappa shape index (κ1) is 19.2. The van der Waals surface area contributed by atoms with Crippen molar-refractivity contribution >= 4 is 29.2 Å². The minimum atomic E-state index is -0.550. The first-order chi connectivity index (χ1) is 14.5. The molecule has 9 nitrogen and oxygen atoms in total. The Morgan fingerprint density at radius 3 is 2.73 bits per heavy atom. The number of aromatic nitrogens is 3. The minimum absolute atomic E-state index is 0.220. The predicted molar refractivity (Wildman–Crippen MR) is 110 cm³/mol. The van der Waals surface area contributed by atoms with Crippen LogP contribution in [0.5, 0.6) is 0 Å². The van der Waals surface area contributed by atoms with Crippen LogP contribution in [0.4, 0.5) is 16.2 Å². The standard InChI is InChI=1S/C21H19N5O4/c1-13(2)30-21(28)24-16-10-22-20-25-17(12-26(20)11-16)14-5-3-6-15(9-14)23-19(27)18-7-4-8-29-18/h3-13H,1-2H3,(H,23,27)(H,24,28). The van der Waals surface area contributed by atoms with E-state index in [2.05, 4.69) is 20.6 Å². The Balaban J connectivity index is 1.54. The molecule has 152 valence electrons. The lowest BCUT2D eigenvalue weighted by Crippen LogP contribution is -2.18. The Kier molecular flexibility index (Phi) is 5.17. The molecule has 0 bridgehead atoms. The zero-order chi connectivity index (χ0) is 21.1. The molecule has 0 atom stereocenters. The van der Waals surface area contributed by atoms with Crippen molar-refractivity contribution in [2.45, 2.75) is 20.0 Å². The third-order valence-electron chi connectivity index (χ3n) is 4.06. The van der Waals surface area contributed by atoms with E-state index >= 15 is 0 Å². The molecule has 3 aromatic heterocycles. The molecule has 0 unspecified atom stereocenters. The van der Waals surface area contributed by atoms with Crippen LogP contribution in [0.1, 0.15) is 24.4 Å². The summed E-state index contributed by atoms with van der Waals surface area (Å²) < 4.78 is 11.9. The van der Waals surface area contributed by atoms with Gasteiger partial charge in [0.2, 0.25) is 5.78 Å². The van der Waals surface area contributed by atoms with Gasteiger partial charge in [-0.15, -0.1) is 0 Å². The highest BCUT2D eigenvalue weighted by Gasteiger charge is 2.12. The second-order valence-electron chi connectivity index (χ2n) is 6.77. The number of fused-ring (bicyclic) bond motifs is 1. The number of carbonyl (C=O) groups excluding carboxylic acids is 2. The van der Waals surface area contributed by atoms with Crippen molar-refractivity contribution in [3.05, 3.63) is 67.0 Å². The average molecular weight is 405 g/mol. The summed E-state index contributed by atoms with van der Waals surface area (Å²) in [6.07, 6.45) is 5.67. The van der Waals surface area contributed by atoms with Crippen LogP contribution in [0, 0.1) is 0 Å². The molecule has 30 heavy (non-hydrogen) atoms. The number of rotatable bonds is 5. The highest BCUT2D eigenvalue weighted by atomic mass is 16.6. The lowest BCUT2D eigenvalue weighted by atomic mass is 10.1. The van der Waals surface area contributed by atoms with Gasteiger partial charge in [-0.05, 0) is 38.1 Å². The van der Waals surface area contributed by atoms with E-state index in [-0.39, 0.29) is 17.8 Å². The van der Waals surface area contributed by atoms with Crippen molar-refractivity contribution in [1.29, 1.82) is 0 Å². The van der Waals surface area contributed by atoms with Crippen molar-refractivity contribution in [2.75, 3.05) is 10.6 Å². The predicted octanol–water partition coefficient (Wildman–Crippen LogP) is 4.20. The van der Waals surface area contributed by atoms with Gasteiger partial charge in [0.1, 0.15) is 0 Å². The van der Waals surface area contributed by atoms with E-state index in [1.165, 1.54) is 12.5 Å². The van der Waals surface area contributed by atoms with Gasteiger partial charge < -0.3 is 14.5 Å². The number of hydrogen-bond acceptors (Lipinski definition) is 6. The summed E-state index contributed by atoms with van der Waals surface area (Å²) in [5.74, 6) is 0.365. The van der Waals surface area contributed by atoms with Gasteiger partial charge in [-0.25, -0.2) is 14.8 Å². The number of furan rings is 1. The monoisotopic (exact) mass is 405 g/mol. The van der Waals surface area contributed by atoms with Crippen LogP contribution < -0.4 is 10.6 Å². The molecule has 9 heteroatoms. The summed E-state index contributed by atoms with van der Waals surface area (Å²) in [5, 5.41) is 5.42. The van der Waals surface area contributed by atoms with Gasteiger partial charge in [0.15, 0.2) is 5.76 Å². The number of nitrogens with zero attached hydrogens (tertiary/aromatic N) is 3. The van der Waals surface area contributed by atoms with Crippen LogP contribution in [0.15, 0.2) is 65.7 Å². The van der Waals surface area contributed by atoms with Gasteiger partial charge >= 0.3 is 6.09 Å². The van der Waals surface area contributed by atoms with E-state index in [0.29, 0.717) is 22.8 Å². The summed E-state index contributed by atoms with van der Waals surface area (Å²) in [6.45, 7) is 3.54. The number of imidazole rings is 1. The van der Waals surface area contributed by atoms with Crippen LogP contribution in [0.3, 0.4) is 0 Å². The molecule has 4 rings (SSSR count). The highest BCUT2D eigenvalue weighted by molar-refractivity contribution is 6.02. The fourth-order valence-electron chi connectivity index (χ4n) is 2.81. The molecule has 0 aliphatic rings. The first-order valence-corrected chi connectivity index (χ1v) is 9.25. The van der Waals surface area contributed by atoms with E-state index in [1.54, 1.807) is 48.8 Å². The molecule has 1 aromatic carbocycles. The van der Waals surface area contributed by atoms with Gasteiger partial charge in [0, 0.05) is 23.6 Å². The molecular weight excluding hydrogens is 386 g/mol. The van der Waals surface area contributed by atoms with Crippen molar-refractivity contribution < 1.29 is 18.7 Å². The SMILES string of the molecule is CC(C)OC(=O)Nc1cnc2nc(-c3cccc(NC(=O)c4ccco4)c3)cn2c1. The van der Waals surface area contributed by atoms with Gasteiger partial charge in [-0.2, -0.15) is 0 Å². The van der Waals surface area contributed by atoms with Gasteiger partial charge in [-0.3, -0.25) is 14.5 Å². The number of benzene rings is 1. The zero-order valence-electron chi connectivity index (χ0n) is 16.3. The molecule has 3 heterocycles. The summed E-state index contributed by atoms with van der Waals surface area (Å²) in [7, 11) is 0. The van der Waals surface area contributed by atoms with Crippen LogP contribution in [-0.2, 0) is 4.74 Å². The largest absolute Gasteiger partial charge is 0.459 e. The average Bonchev–Trinajstić information content (AvgIpc) is 3.37. The molecule has 4 aromatic rings. The summed E-state index contributed by atoms with van der Waals surface area (Å²) >= 11 is 0. The van der Waals surface area contributed by atoms with E-state index in [1.807, 2.05) is 18.2 Å². The van der Waals surface area contributed by atoms with Crippen molar-refractivity contribution in [3.8, 4) is 11.3 Å². The summed E-state index contributed by atoms with van der Waals surface area (Å²) in [4.78, 5) is 32.7. The fraction of sp³-hybridized carbons (Fsp3) is 0.143. The first-order valence-electron chi connectivity index (χ1n) is 9.25. The number of amides is 2. The molecule has 0 aliphatic carbocycles. The maximum Gasteiger partial charge on any atom is 0.411 e. The number of nitrogens with one attached hydrogen (secondary N) is 2.